The van der Waals surface area contributed by atoms with Crippen LogP contribution < -0.4 is 5.73 Å². The molecular formula is C16H31N3. The Kier molecular flexibility index (Phi) is 4.78. The minimum Gasteiger partial charge on any atom is -0.328 e. The highest BCUT2D eigenvalue weighted by Crippen LogP contribution is 2.27. The first kappa shape index (κ1) is 13.8. The number of likely N-dealkylation sites (tertiary alicyclic amines) is 2. The molecule has 1 aliphatic carbocycles. The van der Waals surface area contributed by atoms with Gasteiger partial charge in [0.15, 0.2) is 0 Å². The summed E-state index contributed by atoms with van der Waals surface area (Å²) in [5.41, 5.74) is 6.02. The van der Waals surface area contributed by atoms with Gasteiger partial charge in [-0.15, -0.1) is 0 Å². The molecule has 0 spiro atoms. The molecule has 3 nitrogen and oxygen atoms in total. The van der Waals surface area contributed by atoms with Gasteiger partial charge < -0.3 is 15.5 Å². The van der Waals surface area contributed by atoms with Gasteiger partial charge in [0.1, 0.15) is 0 Å². The molecule has 0 aromatic heterocycles. The summed E-state index contributed by atoms with van der Waals surface area (Å²) in [6.07, 6.45) is 10.9. The minimum absolute atomic E-state index is 0.490. The van der Waals surface area contributed by atoms with Crippen LogP contribution in [0.15, 0.2) is 0 Å². The number of hydrogen-bond donors (Lipinski definition) is 1. The van der Waals surface area contributed by atoms with Gasteiger partial charge in [-0.3, -0.25) is 0 Å². The van der Waals surface area contributed by atoms with Gasteiger partial charge in [0.2, 0.25) is 0 Å². The van der Waals surface area contributed by atoms with Crippen molar-refractivity contribution in [2.75, 3.05) is 32.7 Å². The van der Waals surface area contributed by atoms with Crippen LogP contribution in [0.4, 0.5) is 0 Å². The molecule has 3 aliphatic rings. The molecule has 0 radical (unpaired) electrons. The highest BCUT2D eigenvalue weighted by Gasteiger charge is 2.28. The van der Waals surface area contributed by atoms with Crippen LogP contribution in [0.2, 0.25) is 0 Å². The van der Waals surface area contributed by atoms with Gasteiger partial charge in [0.05, 0.1) is 0 Å². The number of rotatable bonds is 3. The normalized spacial score (nSPS) is 35.8. The topological polar surface area (TPSA) is 32.5 Å². The maximum Gasteiger partial charge on any atom is 0.00964 e. The van der Waals surface area contributed by atoms with E-state index in [1.165, 1.54) is 84.1 Å². The van der Waals surface area contributed by atoms with Crippen molar-refractivity contribution in [3.63, 3.8) is 0 Å². The van der Waals surface area contributed by atoms with Crippen LogP contribution >= 0.6 is 0 Å². The third-order valence-corrected chi connectivity index (χ3v) is 5.62. The highest BCUT2D eigenvalue weighted by molar-refractivity contribution is 4.85. The third kappa shape index (κ3) is 3.71. The summed E-state index contributed by atoms with van der Waals surface area (Å²) >= 11 is 0. The molecule has 3 fully saturated rings. The SMILES string of the molecule is NC1CCC(N2CCC(CN3CCCC3)CC2)CC1. The lowest BCUT2D eigenvalue weighted by Crippen LogP contribution is -2.46. The van der Waals surface area contributed by atoms with Gasteiger partial charge in [0, 0.05) is 18.6 Å². The fourth-order valence-electron chi connectivity index (χ4n) is 4.30. The van der Waals surface area contributed by atoms with Gasteiger partial charge in [0.25, 0.3) is 0 Å². The molecule has 0 atom stereocenters. The van der Waals surface area contributed by atoms with Gasteiger partial charge in [-0.2, -0.15) is 0 Å². The van der Waals surface area contributed by atoms with Crippen molar-refractivity contribution in [1.82, 2.24) is 9.80 Å². The van der Waals surface area contributed by atoms with E-state index in [4.69, 9.17) is 5.73 Å². The molecule has 19 heavy (non-hydrogen) atoms. The maximum absolute atomic E-state index is 6.02. The Morgan fingerprint density at radius 2 is 1.42 bits per heavy atom. The van der Waals surface area contributed by atoms with Gasteiger partial charge in [-0.05, 0) is 83.5 Å². The second-order valence-electron chi connectivity index (χ2n) is 7.06. The largest absolute Gasteiger partial charge is 0.328 e. The van der Waals surface area contributed by atoms with Crippen LogP contribution in [0, 0.1) is 5.92 Å². The lowest BCUT2D eigenvalue weighted by molar-refractivity contribution is 0.0918. The van der Waals surface area contributed by atoms with E-state index >= 15 is 0 Å². The first-order chi connectivity index (χ1) is 9.31. The zero-order chi connectivity index (χ0) is 13.1. The lowest BCUT2D eigenvalue weighted by atomic mass is 9.88. The van der Waals surface area contributed by atoms with Crippen molar-refractivity contribution in [1.29, 1.82) is 0 Å². The van der Waals surface area contributed by atoms with Gasteiger partial charge in [-0.1, -0.05) is 0 Å². The Morgan fingerprint density at radius 1 is 0.789 bits per heavy atom. The molecule has 2 heterocycles. The minimum atomic E-state index is 0.490. The standard InChI is InChI=1S/C16H31N3/c17-15-3-5-16(6-4-15)19-11-7-14(8-12-19)13-18-9-1-2-10-18/h14-16H,1-13,17H2. The van der Waals surface area contributed by atoms with Crippen LogP contribution in [-0.2, 0) is 0 Å². The van der Waals surface area contributed by atoms with E-state index in [1.807, 2.05) is 0 Å². The van der Waals surface area contributed by atoms with Crippen molar-refractivity contribution in [3.05, 3.63) is 0 Å². The van der Waals surface area contributed by atoms with Crippen LogP contribution in [0.1, 0.15) is 51.4 Å². The van der Waals surface area contributed by atoms with Crippen LogP contribution in [0.3, 0.4) is 0 Å². The molecule has 110 valence electrons. The number of nitrogens with zero attached hydrogens (tertiary/aromatic N) is 2. The zero-order valence-electron chi connectivity index (χ0n) is 12.4. The second-order valence-corrected chi connectivity index (χ2v) is 7.06. The molecule has 2 N–H and O–H groups in total. The van der Waals surface area contributed by atoms with E-state index in [0.717, 1.165) is 12.0 Å². The Morgan fingerprint density at radius 3 is 2.05 bits per heavy atom. The summed E-state index contributed by atoms with van der Waals surface area (Å²) in [5, 5.41) is 0. The number of hydrogen-bond acceptors (Lipinski definition) is 3. The predicted molar refractivity (Wildman–Crippen MR) is 80.2 cm³/mol. The summed E-state index contributed by atoms with van der Waals surface area (Å²) in [7, 11) is 0. The van der Waals surface area contributed by atoms with E-state index in [-0.39, 0.29) is 0 Å². The van der Waals surface area contributed by atoms with E-state index in [1.54, 1.807) is 0 Å². The van der Waals surface area contributed by atoms with Crippen molar-refractivity contribution < 1.29 is 0 Å². The Balaban J connectivity index is 1.39. The Bertz CT molecular complexity index is 259. The van der Waals surface area contributed by atoms with Crippen LogP contribution in [0.25, 0.3) is 0 Å². The quantitative estimate of drug-likeness (QED) is 0.848. The lowest BCUT2D eigenvalue weighted by Gasteiger charge is -2.41. The molecule has 0 amide bonds. The fraction of sp³-hybridized carbons (Fsp3) is 1.00. The van der Waals surface area contributed by atoms with E-state index in [9.17, 15) is 0 Å². The second kappa shape index (κ2) is 6.55. The molecule has 0 bridgehead atoms. The van der Waals surface area contributed by atoms with E-state index in [0.29, 0.717) is 6.04 Å². The average molecular weight is 265 g/mol. The first-order valence-corrected chi connectivity index (χ1v) is 8.53. The summed E-state index contributed by atoms with van der Waals surface area (Å²) in [4.78, 5) is 5.46. The number of nitrogens with two attached hydrogens (primary N) is 1. The molecular weight excluding hydrogens is 234 g/mol. The molecule has 3 heteroatoms. The molecule has 0 aromatic rings. The third-order valence-electron chi connectivity index (χ3n) is 5.62. The monoisotopic (exact) mass is 265 g/mol. The summed E-state index contributed by atoms with van der Waals surface area (Å²) in [5.74, 6) is 0.972. The number of piperidine rings is 1. The molecule has 2 aliphatic heterocycles. The average Bonchev–Trinajstić information content (AvgIpc) is 2.94. The van der Waals surface area contributed by atoms with E-state index < -0.39 is 0 Å². The fourth-order valence-corrected chi connectivity index (χ4v) is 4.30. The van der Waals surface area contributed by atoms with Gasteiger partial charge >= 0.3 is 0 Å². The smallest absolute Gasteiger partial charge is 0.00964 e. The molecule has 0 aromatic carbocycles. The molecule has 3 rings (SSSR count). The summed E-state index contributed by atoms with van der Waals surface area (Å²) < 4.78 is 0. The van der Waals surface area contributed by atoms with Crippen molar-refractivity contribution in [3.8, 4) is 0 Å². The maximum atomic E-state index is 6.02. The first-order valence-electron chi connectivity index (χ1n) is 8.53. The zero-order valence-corrected chi connectivity index (χ0v) is 12.4. The van der Waals surface area contributed by atoms with Crippen molar-refractivity contribution >= 4 is 0 Å². The Labute approximate surface area is 118 Å². The van der Waals surface area contributed by atoms with Crippen molar-refractivity contribution in [2.24, 2.45) is 11.7 Å². The van der Waals surface area contributed by atoms with Crippen LogP contribution in [-0.4, -0.2) is 54.6 Å². The summed E-state index contributed by atoms with van der Waals surface area (Å²) in [6.45, 7) is 6.79. The molecule has 1 saturated carbocycles. The van der Waals surface area contributed by atoms with Gasteiger partial charge in [-0.25, -0.2) is 0 Å². The summed E-state index contributed by atoms with van der Waals surface area (Å²) in [6, 6.07) is 1.34. The predicted octanol–water partition coefficient (Wildman–Crippen LogP) is 2.06. The van der Waals surface area contributed by atoms with E-state index in [2.05, 4.69) is 9.80 Å². The highest BCUT2D eigenvalue weighted by atomic mass is 15.2. The molecule has 2 saturated heterocycles. The molecule has 0 unspecified atom stereocenters. The van der Waals surface area contributed by atoms with Crippen LogP contribution in [0.5, 0.6) is 0 Å². The Hall–Kier alpha value is -0.120. The van der Waals surface area contributed by atoms with Crippen molar-refractivity contribution in [2.45, 2.75) is 63.5 Å².